The van der Waals surface area contributed by atoms with E-state index in [-0.39, 0.29) is 24.4 Å². The van der Waals surface area contributed by atoms with E-state index in [1.807, 2.05) is 55.5 Å². The molecule has 19 heavy (non-hydrogen) atoms. The molecule has 2 N–H and O–H groups in total. The summed E-state index contributed by atoms with van der Waals surface area (Å²) in [6, 6.07) is 15.7. The molecular weight excluding hydrogens is 301 g/mol. The van der Waals surface area contributed by atoms with Gasteiger partial charge in [-0.2, -0.15) is 0 Å². The molecule has 0 aliphatic heterocycles. The highest BCUT2D eigenvalue weighted by atomic mass is 35.5. The van der Waals surface area contributed by atoms with Crippen LogP contribution in [-0.4, -0.2) is 6.04 Å². The van der Waals surface area contributed by atoms with Crippen molar-refractivity contribution in [1.29, 1.82) is 0 Å². The normalized spacial score (nSPS) is 12.1. The van der Waals surface area contributed by atoms with Crippen LogP contribution < -0.4 is 5.73 Å². The summed E-state index contributed by atoms with van der Waals surface area (Å²) < 4.78 is 0. The molecule has 4 heteroatoms. The van der Waals surface area contributed by atoms with Crippen molar-refractivity contribution in [2.45, 2.75) is 18.9 Å². The second kappa shape index (κ2) is 7.16. The Morgan fingerprint density at radius 3 is 1.37 bits per heavy atom. The fourth-order valence-electron chi connectivity index (χ4n) is 2.14. The van der Waals surface area contributed by atoms with Gasteiger partial charge in [0.05, 0.1) is 0 Å². The second-order valence-corrected chi connectivity index (χ2v) is 5.31. The summed E-state index contributed by atoms with van der Waals surface area (Å²) in [6.07, 6.45) is 0. The quantitative estimate of drug-likeness (QED) is 0.857. The lowest BCUT2D eigenvalue weighted by Crippen LogP contribution is -2.25. The Morgan fingerprint density at radius 2 is 1.11 bits per heavy atom. The lowest BCUT2D eigenvalue weighted by Gasteiger charge is -2.22. The number of nitrogens with two attached hydrogens (primary N) is 1. The Bertz CT molecular complexity index is 460. The maximum atomic E-state index is 6.11. The van der Waals surface area contributed by atoms with Crippen molar-refractivity contribution in [3.63, 3.8) is 0 Å². The molecule has 0 saturated carbocycles. The van der Waals surface area contributed by atoms with Crippen molar-refractivity contribution in [2.75, 3.05) is 0 Å². The minimum Gasteiger partial charge on any atom is -0.327 e. The van der Waals surface area contributed by atoms with Gasteiger partial charge >= 0.3 is 0 Å². The van der Waals surface area contributed by atoms with Gasteiger partial charge in [0.1, 0.15) is 0 Å². The molecule has 1 nitrogen and oxygen atoms in total. The van der Waals surface area contributed by atoms with E-state index in [1.54, 1.807) is 0 Å². The zero-order chi connectivity index (χ0) is 13.1. The van der Waals surface area contributed by atoms with E-state index in [2.05, 4.69) is 0 Å². The highest BCUT2D eigenvalue weighted by Gasteiger charge is 2.18. The van der Waals surface area contributed by atoms with Crippen LogP contribution in [0.2, 0.25) is 10.0 Å². The molecule has 0 amide bonds. The minimum atomic E-state index is 0. The molecule has 2 rings (SSSR count). The topological polar surface area (TPSA) is 26.0 Å². The molecule has 1 atom stereocenters. The number of halogens is 3. The third kappa shape index (κ3) is 4.12. The van der Waals surface area contributed by atoms with Crippen molar-refractivity contribution in [1.82, 2.24) is 0 Å². The van der Waals surface area contributed by atoms with E-state index in [1.165, 1.54) is 0 Å². The first kappa shape index (κ1) is 16.3. The molecule has 2 aromatic rings. The maximum Gasteiger partial charge on any atom is 0.0406 e. The summed E-state index contributed by atoms with van der Waals surface area (Å²) in [7, 11) is 0. The van der Waals surface area contributed by atoms with Gasteiger partial charge < -0.3 is 5.73 Å². The van der Waals surface area contributed by atoms with E-state index < -0.39 is 0 Å². The fraction of sp³-hybridized carbons (Fsp3) is 0.200. The molecule has 0 heterocycles. The number of rotatable bonds is 3. The van der Waals surface area contributed by atoms with Gasteiger partial charge in [-0.15, -0.1) is 12.4 Å². The Morgan fingerprint density at radius 1 is 0.789 bits per heavy atom. The molecule has 2 aromatic carbocycles. The molecule has 102 valence electrons. The molecule has 0 aromatic heterocycles. The van der Waals surface area contributed by atoms with Crippen molar-refractivity contribution in [2.24, 2.45) is 5.73 Å². The van der Waals surface area contributed by atoms with Crippen LogP contribution in [0.5, 0.6) is 0 Å². The van der Waals surface area contributed by atoms with Crippen LogP contribution in [0.3, 0.4) is 0 Å². The summed E-state index contributed by atoms with van der Waals surface area (Å²) in [5.74, 6) is 0.152. The van der Waals surface area contributed by atoms with Gasteiger partial charge in [-0.05, 0) is 42.3 Å². The first-order chi connectivity index (χ1) is 8.58. The van der Waals surface area contributed by atoms with Crippen LogP contribution >= 0.6 is 35.6 Å². The van der Waals surface area contributed by atoms with Crippen molar-refractivity contribution in [3.05, 3.63) is 69.7 Å². The van der Waals surface area contributed by atoms with Gasteiger partial charge in [-0.25, -0.2) is 0 Å². The SMILES string of the molecule is CC(N)C(c1ccc(Cl)cc1)c1ccc(Cl)cc1.Cl. The summed E-state index contributed by atoms with van der Waals surface area (Å²) in [4.78, 5) is 0. The van der Waals surface area contributed by atoms with Gasteiger partial charge in [0, 0.05) is 22.0 Å². The Hall–Kier alpha value is -0.730. The third-order valence-corrected chi connectivity index (χ3v) is 3.49. The van der Waals surface area contributed by atoms with Crippen molar-refractivity contribution in [3.8, 4) is 0 Å². The largest absolute Gasteiger partial charge is 0.327 e. The van der Waals surface area contributed by atoms with Gasteiger partial charge in [-0.3, -0.25) is 0 Å². The zero-order valence-corrected chi connectivity index (χ0v) is 12.8. The van der Waals surface area contributed by atoms with Gasteiger partial charge in [0.2, 0.25) is 0 Å². The smallest absolute Gasteiger partial charge is 0.0406 e. The van der Waals surface area contributed by atoms with Crippen LogP contribution in [0.1, 0.15) is 24.0 Å². The monoisotopic (exact) mass is 315 g/mol. The highest BCUT2D eigenvalue weighted by Crippen LogP contribution is 2.29. The van der Waals surface area contributed by atoms with E-state index in [9.17, 15) is 0 Å². The lowest BCUT2D eigenvalue weighted by atomic mass is 9.86. The predicted octanol–water partition coefficient (Wildman–Crippen LogP) is 4.89. The molecule has 0 radical (unpaired) electrons. The van der Waals surface area contributed by atoms with Crippen molar-refractivity contribution >= 4 is 35.6 Å². The average Bonchev–Trinajstić information content (AvgIpc) is 2.34. The van der Waals surface area contributed by atoms with E-state index in [0.717, 1.165) is 21.2 Å². The number of hydrogen-bond donors (Lipinski definition) is 1. The molecule has 0 saturated heterocycles. The maximum absolute atomic E-state index is 6.11. The molecule has 0 bridgehead atoms. The molecule has 0 spiro atoms. The molecule has 0 aliphatic rings. The lowest BCUT2D eigenvalue weighted by molar-refractivity contribution is 0.645. The average molecular weight is 317 g/mol. The predicted molar refractivity (Wildman–Crippen MR) is 85.6 cm³/mol. The second-order valence-electron chi connectivity index (χ2n) is 4.44. The van der Waals surface area contributed by atoms with Crippen LogP contribution in [0.25, 0.3) is 0 Å². The molecular formula is C15H16Cl3N. The summed E-state index contributed by atoms with van der Waals surface area (Å²) >= 11 is 11.8. The van der Waals surface area contributed by atoms with Gasteiger partial charge in [0.25, 0.3) is 0 Å². The van der Waals surface area contributed by atoms with Crippen LogP contribution in [0.4, 0.5) is 0 Å². The molecule has 0 aliphatic carbocycles. The Balaban J connectivity index is 0.00000180. The Kier molecular flexibility index (Phi) is 6.15. The zero-order valence-electron chi connectivity index (χ0n) is 10.5. The van der Waals surface area contributed by atoms with E-state index in [0.29, 0.717) is 0 Å². The van der Waals surface area contributed by atoms with Crippen molar-refractivity contribution < 1.29 is 0 Å². The minimum absolute atomic E-state index is 0. The Labute approximate surface area is 130 Å². The van der Waals surface area contributed by atoms with E-state index in [4.69, 9.17) is 28.9 Å². The fourth-order valence-corrected chi connectivity index (χ4v) is 2.39. The first-order valence-corrected chi connectivity index (χ1v) is 6.60. The van der Waals surface area contributed by atoms with Gasteiger partial charge in [-0.1, -0.05) is 47.5 Å². The van der Waals surface area contributed by atoms with Crippen LogP contribution in [-0.2, 0) is 0 Å². The standard InChI is InChI=1S/C15H15Cl2N.ClH/c1-10(18)15(11-2-6-13(16)7-3-11)12-4-8-14(17)9-5-12;/h2-10,15H,18H2,1H3;1H. The summed E-state index contributed by atoms with van der Waals surface area (Å²) in [6.45, 7) is 2.01. The summed E-state index contributed by atoms with van der Waals surface area (Å²) in [5.41, 5.74) is 8.44. The highest BCUT2D eigenvalue weighted by molar-refractivity contribution is 6.30. The number of hydrogen-bond acceptors (Lipinski definition) is 1. The third-order valence-electron chi connectivity index (χ3n) is 2.98. The first-order valence-electron chi connectivity index (χ1n) is 5.84. The number of benzene rings is 2. The van der Waals surface area contributed by atoms with Gasteiger partial charge in [0.15, 0.2) is 0 Å². The van der Waals surface area contributed by atoms with Crippen LogP contribution in [0, 0.1) is 0 Å². The van der Waals surface area contributed by atoms with Crippen LogP contribution in [0.15, 0.2) is 48.5 Å². The molecule has 0 fully saturated rings. The van der Waals surface area contributed by atoms with E-state index >= 15 is 0 Å². The summed E-state index contributed by atoms with van der Waals surface area (Å²) in [5, 5.41) is 1.47. The molecule has 1 unspecified atom stereocenters.